The molecule has 0 amide bonds. The summed E-state index contributed by atoms with van der Waals surface area (Å²) in [5, 5.41) is 43.9. The van der Waals surface area contributed by atoms with Crippen molar-refractivity contribution < 1.29 is 54.8 Å². The quantitative estimate of drug-likeness (QED) is 0.503. The molecule has 5 nitrogen and oxygen atoms in total. The zero-order valence-corrected chi connectivity index (χ0v) is 21.2. The van der Waals surface area contributed by atoms with Crippen LogP contribution in [0.1, 0.15) is 78.6 Å². The normalized spacial score (nSPS) is 51.1. The van der Waals surface area contributed by atoms with Crippen molar-refractivity contribution in [2.75, 3.05) is 0 Å². The molecule has 0 bridgehead atoms. The van der Waals surface area contributed by atoms with Gasteiger partial charge in [0, 0.05) is 5.97 Å². The predicted octanol–water partition coefficient (Wildman–Crippen LogP) is -0.882. The van der Waals surface area contributed by atoms with Gasteiger partial charge in [0.15, 0.2) is 0 Å². The maximum atomic E-state index is 11.5. The molecular weight excluding hydrogens is 391 g/mol. The summed E-state index contributed by atoms with van der Waals surface area (Å²) in [6, 6.07) is 0. The second-order valence-corrected chi connectivity index (χ2v) is 11.4. The van der Waals surface area contributed by atoms with Crippen molar-refractivity contribution in [1.29, 1.82) is 0 Å². The Hall–Kier alpha value is 0.350. The van der Waals surface area contributed by atoms with Gasteiger partial charge in [0.25, 0.3) is 0 Å². The van der Waals surface area contributed by atoms with E-state index in [-0.39, 0.29) is 82.7 Å². The van der Waals surface area contributed by atoms with Crippen molar-refractivity contribution >= 4 is 5.97 Å². The first-order chi connectivity index (χ1) is 13.6. The fraction of sp³-hybridized carbons (Fsp3) is 0.958. The van der Waals surface area contributed by atoms with Gasteiger partial charge in [-0.25, -0.2) is 0 Å². The van der Waals surface area contributed by atoms with Crippen molar-refractivity contribution in [2.24, 2.45) is 46.3 Å². The largest absolute Gasteiger partial charge is 1.00 e. The van der Waals surface area contributed by atoms with Gasteiger partial charge in [-0.05, 0) is 104 Å². The van der Waals surface area contributed by atoms with Gasteiger partial charge in [-0.15, -0.1) is 0 Å². The number of carboxylic acids is 1. The van der Waals surface area contributed by atoms with Crippen LogP contribution in [0.3, 0.4) is 0 Å². The second kappa shape index (κ2) is 8.95. The predicted molar refractivity (Wildman–Crippen MR) is 107 cm³/mol. The molecular formula is C24H39NaO5. The van der Waals surface area contributed by atoms with Gasteiger partial charge >= 0.3 is 29.6 Å². The first-order valence-electron chi connectivity index (χ1n) is 11.8. The van der Waals surface area contributed by atoms with Crippen molar-refractivity contribution in [1.82, 2.24) is 0 Å². The summed E-state index contributed by atoms with van der Waals surface area (Å²) < 4.78 is 0. The number of aliphatic hydroxyl groups is 3. The van der Waals surface area contributed by atoms with Gasteiger partial charge < -0.3 is 25.2 Å². The summed E-state index contributed by atoms with van der Waals surface area (Å²) >= 11 is 0. The number of aliphatic hydroxyl groups excluding tert-OH is 3. The van der Waals surface area contributed by atoms with Crippen molar-refractivity contribution in [2.45, 2.75) is 96.9 Å². The molecule has 4 aliphatic carbocycles. The van der Waals surface area contributed by atoms with Gasteiger partial charge in [-0.1, -0.05) is 20.8 Å². The van der Waals surface area contributed by atoms with E-state index in [1.807, 2.05) is 0 Å². The molecule has 0 aromatic heterocycles. The Labute approximate surface area is 203 Å². The molecule has 2 unspecified atom stereocenters. The molecule has 6 heteroatoms. The molecule has 0 aromatic rings. The Kier molecular flexibility index (Phi) is 7.45. The molecule has 0 aliphatic heterocycles. The maximum absolute atomic E-state index is 11.5. The summed E-state index contributed by atoms with van der Waals surface area (Å²) in [7, 11) is 0. The van der Waals surface area contributed by atoms with Crippen LogP contribution in [0.2, 0.25) is 0 Å². The molecule has 4 saturated carbocycles. The van der Waals surface area contributed by atoms with Crippen LogP contribution < -0.4 is 34.7 Å². The third-order valence-electron chi connectivity index (χ3n) is 10.3. The maximum Gasteiger partial charge on any atom is 1.00 e. The van der Waals surface area contributed by atoms with E-state index in [0.29, 0.717) is 18.3 Å². The Balaban J connectivity index is 0.00000256. The zero-order valence-electron chi connectivity index (χ0n) is 19.2. The molecule has 0 radical (unpaired) electrons. The third-order valence-corrected chi connectivity index (χ3v) is 10.3. The summed E-state index contributed by atoms with van der Waals surface area (Å²) in [4.78, 5) is 11.0. The minimum atomic E-state index is -0.998. The van der Waals surface area contributed by atoms with E-state index in [1.165, 1.54) is 0 Å². The summed E-state index contributed by atoms with van der Waals surface area (Å²) in [5.41, 5.74) is -0.172. The van der Waals surface area contributed by atoms with Crippen LogP contribution in [0, 0.1) is 46.3 Å². The van der Waals surface area contributed by atoms with E-state index < -0.39 is 12.1 Å². The fourth-order valence-corrected chi connectivity index (χ4v) is 8.68. The molecule has 11 atom stereocenters. The van der Waals surface area contributed by atoms with Crippen molar-refractivity contribution in [3.05, 3.63) is 0 Å². The third kappa shape index (κ3) is 3.84. The molecule has 30 heavy (non-hydrogen) atoms. The smallest absolute Gasteiger partial charge is 0.550 e. The molecule has 3 N–H and O–H groups in total. The molecule has 0 aromatic carbocycles. The summed E-state index contributed by atoms with van der Waals surface area (Å²) in [5.74, 6) is 0.635. The monoisotopic (exact) mass is 430 g/mol. The van der Waals surface area contributed by atoms with Crippen LogP contribution in [0.4, 0.5) is 0 Å². The van der Waals surface area contributed by atoms with Crippen molar-refractivity contribution in [3.63, 3.8) is 0 Å². The zero-order chi connectivity index (χ0) is 21.1. The SMILES string of the molecule is CC(CCC(=O)[O-])[C@H]1CC[C@H]2[C@@H]3[C@H](O)CC4C[C@H](O)CC[C@]4(C)[C@H]3C[C@H](O)[C@]12C.[Na+]. The number of hydrogen-bond donors (Lipinski definition) is 3. The Morgan fingerprint density at radius 1 is 1.07 bits per heavy atom. The van der Waals surface area contributed by atoms with E-state index in [2.05, 4.69) is 20.8 Å². The molecule has 0 heterocycles. The van der Waals surface area contributed by atoms with E-state index in [4.69, 9.17) is 0 Å². The molecule has 4 fully saturated rings. The number of carbonyl (C=O) groups excluding carboxylic acids is 1. The van der Waals surface area contributed by atoms with Crippen molar-refractivity contribution in [3.8, 4) is 0 Å². The number of hydrogen-bond acceptors (Lipinski definition) is 5. The first-order valence-corrected chi connectivity index (χ1v) is 11.8. The van der Waals surface area contributed by atoms with Gasteiger partial charge in [0.05, 0.1) is 18.3 Å². The van der Waals surface area contributed by atoms with E-state index in [9.17, 15) is 25.2 Å². The summed E-state index contributed by atoms with van der Waals surface area (Å²) in [6.07, 6.45) is 5.72. The van der Waals surface area contributed by atoms with Crippen LogP contribution in [-0.4, -0.2) is 39.6 Å². The van der Waals surface area contributed by atoms with Gasteiger partial charge in [0.2, 0.25) is 0 Å². The molecule has 0 spiro atoms. The Bertz CT molecular complexity index is 643. The standard InChI is InChI=1S/C24H40O5.Na/c1-13(4-7-21(28)29)16-5-6-17-22-18(12-20(27)24(16,17)3)23(2)9-8-15(25)10-14(23)11-19(22)26;/h13-20,22,25-27H,4-12H2,1-3H3,(H,28,29);/q;+1/p-1/t13?,14?,15-,16-,17+,18+,19-,20+,22+,23+,24-;/m1./s1. The van der Waals surface area contributed by atoms with E-state index >= 15 is 0 Å². The average molecular weight is 431 g/mol. The molecule has 4 aliphatic rings. The van der Waals surface area contributed by atoms with Gasteiger partial charge in [-0.2, -0.15) is 0 Å². The number of carboxylic acid groups (broad SMARTS) is 1. The average Bonchev–Trinajstić information content (AvgIpc) is 3.01. The van der Waals surface area contributed by atoms with E-state index in [1.54, 1.807) is 0 Å². The number of aliphatic carboxylic acids is 1. The van der Waals surface area contributed by atoms with Crippen LogP contribution in [0.5, 0.6) is 0 Å². The number of carbonyl (C=O) groups is 1. The van der Waals surface area contributed by atoms with Gasteiger partial charge in [-0.3, -0.25) is 0 Å². The molecule has 166 valence electrons. The fourth-order valence-electron chi connectivity index (χ4n) is 8.68. The minimum Gasteiger partial charge on any atom is -0.550 e. The number of rotatable bonds is 4. The first kappa shape index (κ1) is 25.0. The number of fused-ring (bicyclic) bond motifs is 5. The van der Waals surface area contributed by atoms with Crippen LogP contribution in [-0.2, 0) is 4.79 Å². The molecule has 0 saturated heterocycles. The summed E-state index contributed by atoms with van der Waals surface area (Å²) in [6.45, 7) is 6.67. The second-order valence-electron chi connectivity index (χ2n) is 11.4. The molecule has 4 rings (SSSR count). The van der Waals surface area contributed by atoms with Gasteiger partial charge in [0.1, 0.15) is 0 Å². The minimum absolute atomic E-state index is 0. The van der Waals surface area contributed by atoms with Crippen LogP contribution in [0.25, 0.3) is 0 Å². The van der Waals surface area contributed by atoms with Crippen LogP contribution >= 0.6 is 0 Å². The Morgan fingerprint density at radius 3 is 2.43 bits per heavy atom. The van der Waals surface area contributed by atoms with E-state index in [0.717, 1.165) is 44.9 Å². The Morgan fingerprint density at radius 2 is 1.77 bits per heavy atom. The van der Waals surface area contributed by atoms with Crippen LogP contribution in [0.15, 0.2) is 0 Å². The topological polar surface area (TPSA) is 101 Å².